The Bertz CT molecular complexity index is 296. The molecule has 0 amide bonds. The molecule has 0 saturated carbocycles. The predicted molar refractivity (Wildman–Crippen MR) is 68.8 cm³/mol. The molecule has 15 heavy (non-hydrogen) atoms. The first kappa shape index (κ1) is 12.9. The minimum Gasteiger partial charge on any atom is -0.126 e. The number of rotatable bonds is 5. The van der Waals surface area contributed by atoms with E-state index in [1.807, 2.05) is 18.2 Å². The van der Waals surface area contributed by atoms with Crippen LogP contribution in [-0.2, 0) is 6.42 Å². The lowest BCUT2D eigenvalue weighted by atomic mass is 9.88. The quantitative estimate of drug-likeness (QED) is 0.654. The topological polar surface area (TPSA) is 0 Å². The van der Waals surface area contributed by atoms with E-state index in [-0.39, 0.29) is 0 Å². The molecule has 1 aromatic rings. The van der Waals surface area contributed by atoms with E-state index in [1.165, 1.54) is 12.0 Å². The molecule has 0 bridgehead atoms. The monoisotopic (exact) mass is 244 g/mol. The Balaban J connectivity index is 2.66. The molecule has 2 unspecified atom stereocenters. The second kappa shape index (κ2) is 6.40. The first-order valence-corrected chi connectivity index (χ1v) is 6.39. The molecule has 0 nitrogen and oxygen atoms in total. The highest BCUT2D eigenvalue weighted by molar-refractivity contribution is 6.30. The van der Waals surface area contributed by atoms with Gasteiger partial charge >= 0.3 is 0 Å². The van der Waals surface area contributed by atoms with Crippen LogP contribution in [0.4, 0.5) is 0 Å². The summed E-state index contributed by atoms with van der Waals surface area (Å²) in [7, 11) is 0. The van der Waals surface area contributed by atoms with Gasteiger partial charge in [0.1, 0.15) is 0 Å². The van der Waals surface area contributed by atoms with Crippen LogP contribution in [0.15, 0.2) is 24.3 Å². The molecular weight excluding hydrogens is 227 g/mol. The lowest BCUT2D eigenvalue weighted by molar-refractivity contribution is 0.379. The molecule has 0 fully saturated rings. The summed E-state index contributed by atoms with van der Waals surface area (Å²) in [6, 6.07) is 8.06. The van der Waals surface area contributed by atoms with Crippen molar-refractivity contribution in [3.8, 4) is 0 Å². The van der Waals surface area contributed by atoms with Gasteiger partial charge in [-0.05, 0) is 36.0 Å². The first-order chi connectivity index (χ1) is 7.17. The predicted octanol–water partition coefficient (Wildman–Crippen LogP) is 4.78. The molecular formula is C13H18Cl2. The van der Waals surface area contributed by atoms with E-state index in [4.69, 9.17) is 23.2 Å². The lowest BCUT2D eigenvalue weighted by Gasteiger charge is -2.20. The first-order valence-electron chi connectivity index (χ1n) is 5.47. The third kappa shape index (κ3) is 4.04. The van der Waals surface area contributed by atoms with Crippen LogP contribution in [0.25, 0.3) is 0 Å². The summed E-state index contributed by atoms with van der Waals surface area (Å²) in [5, 5.41) is 0.810. The fourth-order valence-corrected chi connectivity index (χ4v) is 2.33. The third-order valence-corrected chi connectivity index (χ3v) is 3.67. The van der Waals surface area contributed by atoms with Crippen molar-refractivity contribution in [2.75, 3.05) is 5.88 Å². The molecule has 1 aromatic carbocycles. The minimum absolute atomic E-state index is 0.551. The van der Waals surface area contributed by atoms with Gasteiger partial charge in [-0.15, -0.1) is 11.6 Å². The van der Waals surface area contributed by atoms with E-state index in [2.05, 4.69) is 19.9 Å². The van der Waals surface area contributed by atoms with Crippen LogP contribution >= 0.6 is 23.2 Å². The largest absolute Gasteiger partial charge is 0.126 e. The normalized spacial score (nSPS) is 14.9. The van der Waals surface area contributed by atoms with Gasteiger partial charge in [0.05, 0.1) is 0 Å². The van der Waals surface area contributed by atoms with Crippen LogP contribution in [-0.4, -0.2) is 5.88 Å². The van der Waals surface area contributed by atoms with Crippen LogP contribution < -0.4 is 0 Å². The molecule has 0 heterocycles. The zero-order valence-corrected chi connectivity index (χ0v) is 10.9. The van der Waals surface area contributed by atoms with Crippen molar-refractivity contribution < 1.29 is 0 Å². The fraction of sp³-hybridized carbons (Fsp3) is 0.538. The molecule has 0 N–H and O–H groups in total. The van der Waals surface area contributed by atoms with Gasteiger partial charge in [0, 0.05) is 10.9 Å². The molecule has 1 rings (SSSR count). The second-order valence-electron chi connectivity index (χ2n) is 4.13. The third-order valence-electron chi connectivity index (χ3n) is 3.03. The van der Waals surface area contributed by atoms with Gasteiger partial charge in [0.25, 0.3) is 0 Å². The van der Waals surface area contributed by atoms with E-state index in [1.54, 1.807) is 0 Å². The summed E-state index contributed by atoms with van der Waals surface area (Å²) in [6.45, 7) is 4.47. The van der Waals surface area contributed by atoms with E-state index in [9.17, 15) is 0 Å². The van der Waals surface area contributed by atoms with Gasteiger partial charge in [0.2, 0.25) is 0 Å². The van der Waals surface area contributed by atoms with E-state index >= 15 is 0 Å². The maximum atomic E-state index is 6.00. The maximum absolute atomic E-state index is 6.00. The van der Waals surface area contributed by atoms with Crippen LogP contribution in [0, 0.1) is 11.8 Å². The maximum Gasteiger partial charge on any atom is 0.0408 e. The Kier molecular flexibility index (Phi) is 5.49. The Morgan fingerprint density at radius 3 is 2.60 bits per heavy atom. The molecule has 0 saturated heterocycles. The highest BCUT2D eigenvalue weighted by atomic mass is 35.5. The number of hydrogen-bond acceptors (Lipinski definition) is 0. The zero-order chi connectivity index (χ0) is 11.3. The van der Waals surface area contributed by atoms with Gasteiger partial charge in [0.15, 0.2) is 0 Å². The molecule has 0 aliphatic rings. The van der Waals surface area contributed by atoms with Crippen molar-refractivity contribution in [3.05, 3.63) is 34.9 Å². The van der Waals surface area contributed by atoms with Crippen molar-refractivity contribution in [2.24, 2.45) is 11.8 Å². The van der Waals surface area contributed by atoms with Crippen molar-refractivity contribution in [2.45, 2.75) is 26.7 Å². The van der Waals surface area contributed by atoms with Crippen LogP contribution in [0.1, 0.15) is 25.8 Å². The van der Waals surface area contributed by atoms with Gasteiger partial charge in [-0.2, -0.15) is 0 Å². The summed E-state index contributed by atoms with van der Waals surface area (Å²) in [5.74, 6) is 1.94. The molecule has 84 valence electrons. The van der Waals surface area contributed by atoms with Gasteiger partial charge in [-0.3, -0.25) is 0 Å². The fourth-order valence-electron chi connectivity index (χ4n) is 1.71. The number of halogens is 2. The summed E-state index contributed by atoms with van der Waals surface area (Å²) in [6.07, 6.45) is 2.21. The average molecular weight is 245 g/mol. The second-order valence-corrected chi connectivity index (χ2v) is 4.88. The van der Waals surface area contributed by atoms with E-state index in [0.29, 0.717) is 11.8 Å². The van der Waals surface area contributed by atoms with E-state index in [0.717, 1.165) is 17.3 Å². The minimum atomic E-state index is 0.551. The van der Waals surface area contributed by atoms with E-state index < -0.39 is 0 Å². The number of hydrogen-bond donors (Lipinski definition) is 0. The van der Waals surface area contributed by atoms with Crippen LogP contribution in [0.3, 0.4) is 0 Å². The Labute approximate surface area is 103 Å². The van der Waals surface area contributed by atoms with Crippen molar-refractivity contribution in [1.29, 1.82) is 0 Å². The molecule has 2 heteroatoms. The van der Waals surface area contributed by atoms with Gasteiger partial charge < -0.3 is 0 Å². The number of benzene rings is 1. The lowest BCUT2D eigenvalue weighted by Crippen LogP contribution is -2.15. The number of alkyl halides is 1. The van der Waals surface area contributed by atoms with Crippen molar-refractivity contribution in [1.82, 2.24) is 0 Å². The van der Waals surface area contributed by atoms with Crippen LogP contribution in [0.5, 0.6) is 0 Å². The molecule has 0 aliphatic carbocycles. The zero-order valence-electron chi connectivity index (χ0n) is 9.34. The summed E-state index contributed by atoms with van der Waals surface area (Å²) < 4.78 is 0. The molecule has 0 spiro atoms. The summed E-state index contributed by atoms with van der Waals surface area (Å²) in [4.78, 5) is 0. The van der Waals surface area contributed by atoms with Gasteiger partial charge in [-0.1, -0.05) is 44.0 Å². The van der Waals surface area contributed by atoms with Crippen LogP contribution in [0.2, 0.25) is 5.02 Å². The van der Waals surface area contributed by atoms with Crippen molar-refractivity contribution in [3.63, 3.8) is 0 Å². The average Bonchev–Trinajstić information content (AvgIpc) is 2.25. The standard InChI is InChI=1S/C13H18Cl2/c1-3-10(2)12(9-14)7-11-5-4-6-13(15)8-11/h4-6,8,10,12H,3,7,9H2,1-2H3. The molecule has 2 atom stereocenters. The highest BCUT2D eigenvalue weighted by Crippen LogP contribution is 2.22. The Morgan fingerprint density at radius 2 is 2.07 bits per heavy atom. The smallest absolute Gasteiger partial charge is 0.0408 e. The highest BCUT2D eigenvalue weighted by Gasteiger charge is 2.15. The summed E-state index contributed by atoms with van der Waals surface area (Å²) in [5.41, 5.74) is 1.29. The Hall–Kier alpha value is -0.200. The summed E-state index contributed by atoms with van der Waals surface area (Å²) >= 11 is 11.9. The molecule has 0 radical (unpaired) electrons. The SMILES string of the molecule is CCC(C)C(CCl)Cc1cccc(Cl)c1. The Morgan fingerprint density at radius 1 is 1.33 bits per heavy atom. The molecule has 0 aromatic heterocycles. The van der Waals surface area contributed by atoms with Crippen molar-refractivity contribution >= 4 is 23.2 Å². The van der Waals surface area contributed by atoms with Gasteiger partial charge in [-0.25, -0.2) is 0 Å². The molecule has 0 aliphatic heterocycles.